The SMILES string of the molecule is C1CCCCC1.N.N.O=C(O)c1ccc2ccc(C(=O)O)cc2c1. The molecule has 1 saturated carbocycles. The summed E-state index contributed by atoms with van der Waals surface area (Å²) in [4.78, 5) is 21.5. The number of hydrogen-bond donors (Lipinski definition) is 4. The zero-order valence-corrected chi connectivity index (χ0v) is 13.8. The van der Waals surface area contributed by atoms with Gasteiger partial charge >= 0.3 is 11.9 Å². The average molecular weight is 334 g/mol. The molecule has 0 saturated heterocycles. The number of hydrogen-bond acceptors (Lipinski definition) is 4. The molecule has 0 unspecified atom stereocenters. The monoisotopic (exact) mass is 334 g/mol. The van der Waals surface area contributed by atoms with E-state index in [2.05, 4.69) is 0 Å². The van der Waals surface area contributed by atoms with Crippen LogP contribution in [0.1, 0.15) is 59.2 Å². The second-order valence-electron chi connectivity index (χ2n) is 5.51. The van der Waals surface area contributed by atoms with Gasteiger partial charge in [-0.1, -0.05) is 50.7 Å². The highest BCUT2D eigenvalue weighted by Gasteiger charge is 2.06. The minimum atomic E-state index is -1.03. The van der Waals surface area contributed by atoms with Crippen molar-refractivity contribution in [1.29, 1.82) is 0 Å². The third-order valence-corrected chi connectivity index (χ3v) is 3.83. The molecule has 0 heterocycles. The second-order valence-corrected chi connectivity index (χ2v) is 5.51. The molecular weight excluding hydrogens is 308 g/mol. The fraction of sp³-hybridized carbons (Fsp3) is 0.333. The zero-order chi connectivity index (χ0) is 15.9. The van der Waals surface area contributed by atoms with Crippen molar-refractivity contribution >= 4 is 22.7 Å². The molecular formula is C18H26N2O4. The number of fused-ring (bicyclic) bond motifs is 1. The third kappa shape index (κ3) is 5.98. The van der Waals surface area contributed by atoms with Crippen LogP contribution < -0.4 is 12.3 Å². The summed E-state index contributed by atoms with van der Waals surface area (Å²) >= 11 is 0. The number of carboxylic acid groups (broad SMARTS) is 2. The van der Waals surface area contributed by atoms with Crippen molar-refractivity contribution in [3.8, 4) is 0 Å². The van der Waals surface area contributed by atoms with Crippen molar-refractivity contribution in [2.24, 2.45) is 0 Å². The Balaban J connectivity index is 0.000000565. The molecule has 2 aromatic carbocycles. The summed E-state index contributed by atoms with van der Waals surface area (Å²) in [5, 5.41) is 19.0. The van der Waals surface area contributed by atoms with Crippen LogP contribution in [0.25, 0.3) is 10.8 Å². The maximum absolute atomic E-state index is 10.7. The zero-order valence-electron chi connectivity index (χ0n) is 13.8. The van der Waals surface area contributed by atoms with Crippen molar-refractivity contribution in [1.82, 2.24) is 12.3 Å². The predicted molar refractivity (Wildman–Crippen MR) is 95.6 cm³/mol. The van der Waals surface area contributed by atoms with Gasteiger partial charge in [0, 0.05) is 0 Å². The van der Waals surface area contributed by atoms with Crippen LogP contribution in [0, 0.1) is 0 Å². The van der Waals surface area contributed by atoms with Crippen molar-refractivity contribution in [2.45, 2.75) is 38.5 Å². The topological polar surface area (TPSA) is 145 Å². The van der Waals surface area contributed by atoms with E-state index in [9.17, 15) is 9.59 Å². The highest BCUT2D eigenvalue weighted by molar-refractivity contribution is 5.98. The lowest BCUT2D eigenvalue weighted by atomic mass is 10.0. The van der Waals surface area contributed by atoms with E-state index in [1.165, 1.54) is 62.8 Å². The maximum atomic E-state index is 10.7. The number of aromatic carboxylic acids is 2. The Hall–Kier alpha value is -2.44. The van der Waals surface area contributed by atoms with Crippen LogP contribution >= 0.6 is 0 Å². The predicted octanol–water partition coefficient (Wildman–Crippen LogP) is 4.90. The third-order valence-electron chi connectivity index (χ3n) is 3.83. The lowest BCUT2D eigenvalue weighted by Crippen LogP contribution is -1.97. The number of carboxylic acids is 2. The average Bonchev–Trinajstić information content (AvgIpc) is 2.56. The molecule has 0 bridgehead atoms. The van der Waals surface area contributed by atoms with Gasteiger partial charge in [0.05, 0.1) is 11.1 Å². The molecule has 0 aromatic heterocycles. The van der Waals surface area contributed by atoms with Gasteiger partial charge in [-0.15, -0.1) is 0 Å². The minimum absolute atomic E-state index is 0. The van der Waals surface area contributed by atoms with Gasteiger partial charge in [0.25, 0.3) is 0 Å². The molecule has 1 aliphatic rings. The fourth-order valence-corrected chi connectivity index (χ4v) is 2.57. The van der Waals surface area contributed by atoms with E-state index in [1.807, 2.05) is 0 Å². The van der Waals surface area contributed by atoms with E-state index in [4.69, 9.17) is 10.2 Å². The Kier molecular flexibility index (Phi) is 9.30. The summed E-state index contributed by atoms with van der Waals surface area (Å²) in [6, 6.07) is 9.22. The first-order chi connectivity index (χ1) is 10.6. The molecule has 0 amide bonds. The van der Waals surface area contributed by atoms with Crippen LogP contribution in [0.3, 0.4) is 0 Å². The van der Waals surface area contributed by atoms with E-state index in [0.717, 1.165) is 5.39 Å². The summed E-state index contributed by atoms with van der Waals surface area (Å²) in [6.07, 6.45) is 9.00. The van der Waals surface area contributed by atoms with Crippen LogP contribution in [0.15, 0.2) is 36.4 Å². The molecule has 0 aliphatic heterocycles. The molecule has 132 valence electrons. The molecule has 8 N–H and O–H groups in total. The lowest BCUT2D eigenvalue weighted by molar-refractivity contribution is 0.0687. The van der Waals surface area contributed by atoms with Crippen LogP contribution in [-0.4, -0.2) is 22.2 Å². The van der Waals surface area contributed by atoms with Crippen molar-refractivity contribution < 1.29 is 19.8 Å². The van der Waals surface area contributed by atoms with E-state index in [-0.39, 0.29) is 23.4 Å². The molecule has 2 aromatic rings. The van der Waals surface area contributed by atoms with E-state index in [0.29, 0.717) is 5.39 Å². The Morgan fingerprint density at radius 3 is 1.25 bits per heavy atom. The van der Waals surface area contributed by atoms with E-state index < -0.39 is 11.9 Å². The summed E-state index contributed by atoms with van der Waals surface area (Å²) in [7, 11) is 0. The quantitative estimate of drug-likeness (QED) is 0.614. The van der Waals surface area contributed by atoms with Crippen molar-refractivity contribution in [3.05, 3.63) is 47.5 Å². The highest BCUT2D eigenvalue weighted by atomic mass is 16.4. The largest absolute Gasteiger partial charge is 0.478 e. The summed E-state index contributed by atoms with van der Waals surface area (Å²) < 4.78 is 0. The van der Waals surface area contributed by atoms with Gasteiger partial charge in [-0.2, -0.15) is 0 Å². The molecule has 0 spiro atoms. The first kappa shape index (κ1) is 21.6. The van der Waals surface area contributed by atoms with Gasteiger partial charge < -0.3 is 22.5 Å². The first-order valence-electron chi connectivity index (χ1n) is 7.58. The van der Waals surface area contributed by atoms with Crippen molar-refractivity contribution in [3.63, 3.8) is 0 Å². The van der Waals surface area contributed by atoms with E-state index >= 15 is 0 Å². The van der Waals surface area contributed by atoms with Crippen LogP contribution in [0.5, 0.6) is 0 Å². The summed E-state index contributed by atoms with van der Waals surface area (Å²) in [6.45, 7) is 0. The standard InChI is InChI=1S/C12H8O4.C6H12.2H3N/c13-11(14)8-3-1-7-2-4-9(12(15)16)6-10(7)5-8;1-2-4-6-5-3-1;;/h1-6H,(H,13,14)(H,15,16);1-6H2;2*1H3. The Morgan fingerprint density at radius 1 is 0.625 bits per heavy atom. The van der Waals surface area contributed by atoms with Crippen LogP contribution in [0.2, 0.25) is 0 Å². The first-order valence-corrected chi connectivity index (χ1v) is 7.58. The van der Waals surface area contributed by atoms with Gasteiger partial charge in [0.15, 0.2) is 0 Å². The highest BCUT2D eigenvalue weighted by Crippen LogP contribution is 2.18. The summed E-state index contributed by atoms with van der Waals surface area (Å²) in [5.41, 5.74) is 0.296. The normalized spacial score (nSPS) is 12.8. The molecule has 6 nitrogen and oxygen atoms in total. The van der Waals surface area contributed by atoms with Gasteiger partial charge in [0.1, 0.15) is 0 Å². The van der Waals surface area contributed by atoms with Crippen molar-refractivity contribution in [2.75, 3.05) is 0 Å². The lowest BCUT2D eigenvalue weighted by Gasteiger charge is -2.05. The van der Waals surface area contributed by atoms with Crippen LogP contribution in [-0.2, 0) is 0 Å². The molecule has 0 radical (unpaired) electrons. The van der Waals surface area contributed by atoms with E-state index in [1.54, 1.807) is 12.1 Å². The molecule has 1 aliphatic carbocycles. The molecule has 0 atom stereocenters. The Morgan fingerprint density at radius 2 is 0.958 bits per heavy atom. The summed E-state index contributed by atoms with van der Waals surface area (Å²) in [5.74, 6) is -2.05. The fourth-order valence-electron chi connectivity index (χ4n) is 2.57. The smallest absolute Gasteiger partial charge is 0.335 e. The second kappa shape index (κ2) is 10.4. The number of benzene rings is 2. The number of rotatable bonds is 2. The van der Waals surface area contributed by atoms with Gasteiger partial charge in [0.2, 0.25) is 0 Å². The number of carbonyl (C=O) groups is 2. The molecule has 1 fully saturated rings. The molecule has 3 rings (SSSR count). The minimum Gasteiger partial charge on any atom is -0.478 e. The molecule has 24 heavy (non-hydrogen) atoms. The van der Waals surface area contributed by atoms with Gasteiger partial charge in [-0.05, 0) is 35.0 Å². The Bertz CT molecular complexity index is 622. The van der Waals surface area contributed by atoms with Gasteiger partial charge in [-0.3, -0.25) is 0 Å². The van der Waals surface area contributed by atoms with Gasteiger partial charge in [-0.25, -0.2) is 9.59 Å². The molecule has 6 heteroatoms. The van der Waals surface area contributed by atoms with Crippen LogP contribution in [0.4, 0.5) is 0 Å². The Labute approximate surface area is 141 Å². The maximum Gasteiger partial charge on any atom is 0.335 e.